The second-order valence-corrected chi connectivity index (χ2v) is 10.3. The number of halogens is 1. The van der Waals surface area contributed by atoms with Crippen LogP contribution in [0.2, 0.25) is 0 Å². The molecule has 0 aromatic carbocycles. The first-order chi connectivity index (χ1) is 17.5. The molecule has 0 bridgehead atoms. The van der Waals surface area contributed by atoms with Gasteiger partial charge in [0.15, 0.2) is 5.82 Å². The van der Waals surface area contributed by atoms with Gasteiger partial charge in [0.05, 0.1) is 27.9 Å². The lowest BCUT2D eigenvalue weighted by molar-refractivity contribution is -0.212. The molecule has 0 spiro atoms. The minimum Gasteiger partial charge on any atom is -0.858 e. The van der Waals surface area contributed by atoms with E-state index in [2.05, 4.69) is 40.4 Å². The molecule has 0 aliphatic carbocycles. The molecule has 190 valence electrons. The zero-order chi connectivity index (χ0) is 26.7. The molecule has 0 saturated carbocycles. The Balaban J connectivity index is 1.49. The number of rotatable bonds is 6. The monoisotopic (exact) mass is 519 g/mol. The Hall–Kier alpha value is -4.19. The summed E-state index contributed by atoms with van der Waals surface area (Å²) in [7, 11) is 0. The molecule has 1 N–H and O–H groups in total. The van der Waals surface area contributed by atoms with Crippen molar-refractivity contribution >= 4 is 29.0 Å². The molecule has 4 rings (SSSR count). The lowest BCUT2D eigenvalue weighted by Crippen LogP contribution is -2.27. The maximum Gasteiger partial charge on any atom is 0.270 e. The van der Waals surface area contributed by atoms with Gasteiger partial charge in [-0.15, -0.1) is 16.4 Å². The van der Waals surface area contributed by atoms with Crippen LogP contribution >= 0.6 is 11.3 Å². The van der Waals surface area contributed by atoms with Gasteiger partial charge >= 0.3 is 0 Å². The van der Waals surface area contributed by atoms with E-state index in [1.54, 1.807) is 19.1 Å². The molecule has 4 heterocycles. The molecule has 12 heteroatoms. The summed E-state index contributed by atoms with van der Waals surface area (Å²) in [4.78, 5) is 33.1. The average molecular weight is 520 g/mol. The van der Waals surface area contributed by atoms with E-state index in [-0.39, 0.29) is 28.2 Å². The summed E-state index contributed by atoms with van der Waals surface area (Å²) in [5, 5.41) is 24.2. The van der Waals surface area contributed by atoms with Gasteiger partial charge in [-0.25, -0.2) is 24.9 Å². The highest BCUT2D eigenvalue weighted by molar-refractivity contribution is 7.13. The summed E-state index contributed by atoms with van der Waals surface area (Å²) in [6.45, 7) is 9.74. The summed E-state index contributed by atoms with van der Waals surface area (Å²) in [6.07, 6.45) is 3.92. The molecular formula is C25H24FN8O2S-. The molecule has 4 aromatic heterocycles. The second kappa shape index (κ2) is 10.4. The molecule has 0 saturated heterocycles. The molecule has 37 heavy (non-hydrogen) atoms. The topological polar surface area (TPSA) is 142 Å². The van der Waals surface area contributed by atoms with Crippen LogP contribution in [0, 0.1) is 12.9 Å². The van der Waals surface area contributed by atoms with Crippen LogP contribution in [-0.4, -0.2) is 41.9 Å². The number of amides is 1. The van der Waals surface area contributed by atoms with Crippen LogP contribution in [0.3, 0.4) is 0 Å². The summed E-state index contributed by atoms with van der Waals surface area (Å²) < 4.78 is 14.0. The Bertz CT molecular complexity index is 1480. The summed E-state index contributed by atoms with van der Waals surface area (Å²) in [5.41, 5.74) is 2.01. The number of thiazole rings is 1. The summed E-state index contributed by atoms with van der Waals surface area (Å²) in [5.74, 6) is -1.48. The van der Waals surface area contributed by atoms with Crippen LogP contribution in [0.4, 0.5) is 10.2 Å². The Morgan fingerprint density at radius 2 is 1.95 bits per heavy atom. The van der Waals surface area contributed by atoms with Crippen LogP contribution in [0.5, 0.6) is 0 Å². The van der Waals surface area contributed by atoms with Crippen molar-refractivity contribution in [2.45, 2.75) is 46.1 Å². The van der Waals surface area contributed by atoms with Gasteiger partial charge in [-0.1, -0.05) is 20.8 Å². The largest absolute Gasteiger partial charge is 0.858 e. The van der Waals surface area contributed by atoms with E-state index < -0.39 is 23.8 Å². The fraction of sp³-hybridized carbons (Fsp3) is 0.280. The van der Waals surface area contributed by atoms with Crippen LogP contribution in [-0.2, 0) is 5.41 Å². The van der Waals surface area contributed by atoms with E-state index in [4.69, 9.17) is 0 Å². The SMILES string of the molecule is Cc1nnc(N=C([O-])c2cnc(C(C)NC(=O)c3cc(-c4cccnc4F)ncn3)s2)cc1C(C)(C)C. The molecule has 1 amide bonds. The zero-order valence-electron chi connectivity index (χ0n) is 20.9. The van der Waals surface area contributed by atoms with Gasteiger partial charge in [0, 0.05) is 18.3 Å². The maximum atomic E-state index is 14.0. The Kier molecular flexibility index (Phi) is 7.30. The number of aromatic nitrogens is 6. The number of aryl methyl sites for hydroxylation is 1. The predicted octanol–water partition coefficient (Wildman–Crippen LogP) is 3.46. The molecule has 0 radical (unpaired) electrons. The van der Waals surface area contributed by atoms with E-state index in [0.29, 0.717) is 9.88 Å². The van der Waals surface area contributed by atoms with Gasteiger partial charge in [0.2, 0.25) is 5.95 Å². The first kappa shape index (κ1) is 25.9. The van der Waals surface area contributed by atoms with Crippen LogP contribution < -0.4 is 10.4 Å². The van der Waals surface area contributed by atoms with E-state index in [9.17, 15) is 14.3 Å². The number of carbonyl (C=O) groups is 1. The van der Waals surface area contributed by atoms with Crippen molar-refractivity contribution in [1.82, 2.24) is 35.5 Å². The minimum atomic E-state index is -0.697. The van der Waals surface area contributed by atoms with Gasteiger partial charge in [-0.05, 0) is 49.1 Å². The fourth-order valence-corrected chi connectivity index (χ4v) is 4.35. The van der Waals surface area contributed by atoms with Crippen molar-refractivity contribution < 1.29 is 14.3 Å². The molecule has 1 unspecified atom stereocenters. The van der Waals surface area contributed by atoms with Crippen molar-refractivity contribution in [3.63, 3.8) is 0 Å². The number of nitrogens with zero attached hydrogens (tertiary/aromatic N) is 7. The second-order valence-electron chi connectivity index (χ2n) is 9.26. The minimum absolute atomic E-state index is 0.0514. The van der Waals surface area contributed by atoms with Crippen LogP contribution in [0.1, 0.15) is 65.4 Å². The van der Waals surface area contributed by atoms with Crippen molar-refractivity contribution in [3.8, 4) is 11.3 Å². The Morgan fingerprint density at radius 3 is 2.68 bits per heavy atom. The number of hydrogen-bond donors (Lipinski definition) is 1. The Morgan fingerprint density at radius 1 is 1.16 bits per heavy atom. The predicted molar refractivity (Wildman–Crippen MR) is 135 cm³/mol. The fourth-order valence-electron chi connectivity index (χ4n) is 3.54. The van der Waals surface area contributed by atoms with Gasteiger partial charge in [-0.2, -0.15) is 9.49 Å². The van der Waals surface area contributed by atoms with E-state index in [1.165, 1.54) is 30.9 Å². The van der Waals surface area contributed by atoms with Crippen molar-refractivity contribution in [2.75, 3.05) is 0 Å². The van der Waals surface area contributed by atoms with Crippen LogP contribution in [0.15, 0.2) is 48.0 Å². The summed E-state index contributed by atoms with van der Waals surface area (Å²) >= 11 is 1.11. The van der Waals surface area contributed by atoms with Crippen LogP contribution in [0.25, 0.3) is 11.3 Å². The lowest BCUT2D eigenvalue weighted by atomic mass is 9.86. The highest BCUT2D eigenvalue weighted by Crippen LogP contribution is 2.27. The van der Waals surface area contributed by atoms with Gasteiger partial charge in [-0.3, -0.25) is 4.79 Å². The Labute approximate surface area is 216 Å². The molecule has 4 aromatic rings. The third-order valence-corrected chi connectivity index (χ3v) is 6.54. The van der Waals surface area contributed by atoms with Crippen molar-refractivity contribution in [3.05, 3.63) is 75.8 Å². The number of carbonyl (C=O) groups excluding carboxylic acids is 1. The van der Waals surface area contributed by atoms with Gasteiger partial charge < -0.3 is 10.4 Å². The molecule has 0 aliphatic rings. The van der Waals surface area contributed by atoms with Gasteiger partial charge in [0.1, 0.15) is 17.0 Å². The lowest BCUT2D eigenvalue weighted by Gasteiger charge is -2.20. The van der Waals surface area contributed by atoms with E-state index in [0.717, 1.165) is 22.6 Å². The molecule has 0 fully saturated rings. The first-order valence-electron chi connectivity index (χ1n) is 11.3. The number of aliphatic imine (C=N–C) groups is 1. The highest BCUT2D eigenvalue weighted by atomic mass is 32.1. The van der Waals surface area contributed by atoms with Crippen molar-refractivity contribution in [1.29, 1.82) is 0 Å². The maximum absolute atomic E-state index is 14.0. The summed E-state index contributed by atoms with van der Waals surface area (Å²) in [6, 6.07) is 5.70. The smallest absolute Gasteiger partial charge is 0.270 e. The zero-order valence-corrected chi connectivity index (χ0v) is 21.7. The number of hydrogen-bond acceptors (Lipinski definition) is 10. The number of pyridine rings is 1. The van der Waals surface area contributed by atoms with Crippen molar-refractivity contribution in [2.24, 2.45) is 4.99 Å². The third kappa shape index (κ3) is 5.97. The molecule has 10 nitrogen and oxygen atoms in total. The van der Waals surface area contributed by atoms with Gasteiger partial charge in [0.25, 0.3) is 5.91 Å². The molecule has 0 aliphatic heterocycles. The first-order valence-corrected chi connectivity index (χ1v) is 12.1. The quantitative estimate of drug-likeness (QED) is 0.232. The highest BCUT2D eigenvalue weighted by Gasteiger charge is 2.19. The average Bonchev–Trinajstić information content (AvgIpc) is 3.36. The third-order valence-electron chi connectivity index (χ3n) is 5.38. The molecular weight excluding hydrogens is 495 g/mol. The standard InChI is InChI=1S/C25H25FN8O2S/c1-13-16(25(3,4)5)9-20(34-33-13)32-23(36)19-11-28-24(37-19)14(2)31-22(35)18-10-17(29-12-30-18)15-7-6-8-27-21(15)26/h6-12,14H,1-5H3,(H,31,35)(H,32,34,36)/p-1. The van der Waals surface area contributed by atoms with E-state index >= 15 is 0 Å². The van der Waals surface area contributed by atoms with E-state index in [1.807, 2.05) is 27.7 Å². The normalized spacial score (nSPS) is 12.9. The molecule has 1 atom stereocenters. The number of nitrogens with one attached hydrogen (secondary N) is 1.